The number of benzene rings is 3. The Kier molecular flexibility index (Phi) is 6.78. The van der Waals surface area contributed by atoms with Gasteiger partial charge in [-0.15, -0.1) is 0 Å². The zero-order valence-corrected chi connectivity index (χ0v) is 17.5. The highest BCUT2D eigenvalue weighted by Crippen LogP contribution is 2.24. The van der Waals surface area contributed by atoms with Crippen LogP contribution in [0.2, 0.25) is 0 Å². The van der Waals surface area contributed by atoms with Crippen molar-refractivity contribution in [3.05, 3.63) is 114 Å². The zero-order chi connectivity index (χ0) is 22.2. The quantitative estimate of drug-likeness (QED) is 0.375. The van der Waals surface area contributed by atoms with Gasteiger partial charge in [0.25, 0.3) is 0 Å². The molecule has 1 unspecified atom stereocenters. The van der Waals surface area contributed by atoms with Crippen molar-refractivity contribution in [2.75, 3.05) is 5.32 Å². The van der Waals surface area contributed by atoms with Crippen molar-refractivity contribution >= 4 is 11.7 Å². The molecule has 1 atom stereocenters. The van der Waals surface area contributed by atoms with E-state index in [4.69, 9.17) is 4.74 Å². The first-order chi connectivity index (χ1) is 15.7. The minimum Gasteiger partial charge on any atom is -0.489 e. The minimum atomic E-state index is -0.896. The van der Waals surface area contributed by atoms with Crippen LogP contribution >= 0.6 is 0 Å². The number of aromatic nitrogens is 1. The lowest BCUT2D eigenvalue weighted by Gasteiger charge is -2.16. The summed E-state index contributed by atoms with van der Waals surface area (Å²) in [5.41, 5.74) is 4.47. The second kappa shape index (κ2) is 10.3. The van der Waals surface area contributed by atoms with E-state index in [1.807, 2.05) is 91.0 Å². The Morgan fingerprint density at radius 3 is 2.19 bits per heavy atom. The van der Waals surface area contributed by atoms with Gasteiger partial charge >= 0.3 is 5.97 Å². The molecule has 0 aliphatic carbocycles. The molecule has 0 aliphatic rings. The normalized spacial score (nSPS) is 11.5. The number of hydrogen-bond acceptors (Lipinski definition) is 4. The highest BCUT2D eigenvalue weighted by atomic mass is 16.5. The van der Waals surface area contributed by atoms with Crippen molar-refractivity contribution in [1.29, 1.82) is 0 Å². The number of ether oxygens (including phenoxy) is 1. The van der Waals surface area contributed by atoms with Gasteiger partial charge in [0.2, 0.25) is 0 Å². The Morgan fingerprint density at radius 2 is 1.53 bits per heavy atom. The Bertz CT molecular complexity index is 1150. The summed E-state index contributed by atoms with van der Waals surface area (Å²) < 4.78 is 5.84. The predicted octanol–water partition coefficient (Wildman–Crippen LogP) is 5.44. The van der Waals surface area contributed by atoms with Crippen molar-refractivity contribution in [2.24, 2.45) is 0 Å². The molecular formula is C27H24N2O3. The molecule has 0 fully saturated rings. The molecule has 0 radical (unpaired) electrons. The van der Waals surface area contributed by atoms with Gasteiger partial charge in [-0.3, -0.25) is 4.98 Å². The lowest BCUT2D eigenvalue weighted by Crippen LogP contribution is -2.31. The molecule has 0 saturated heterocycles. The van der Waals surface area contributed by atoms with Gasteiger partial charge in [-0.2, -0.15) is 0 Å². The Morgan fingerprint density at radius 1 is 0.875 bits per heavy atom. The summed E-state index contributed by atoms with van der Waals surface area (Å²) in [4.78, 5) is 16.2. The van der Waals surface area contributed by atoms with E-state index in [1.54, 1.807) is 12.3 Å². The molecule has 1 heterocycles. The number of aliphatic carboxylic acids is 1. The third-order valence-corrected chi connectivity index (χ3v) is 5.08. The van der Waals surface area contributed by atoms with Gasteiger partial charge in [0.1, 0.15) is 18.4 Å². The fourth-order valence-corrected chi connectivity index (χ4v) is 3.39. The number of anilines is 1. The van der Waals surface area contributed by atoms with Crippen molar-refractivity contribution in [1.82, 2.24) is 4.98 Å². The summed E-state index contributed by atoms with van der Waals surface area (Å²) in [6.07, 6.45) is 2.07. The van der Waals surface area contributed by atoms with Gasteiger partial charge in [-0.1, -0.05) is 60.7 Å². The summed E-state index contributed by atoms with van der Waals surface area (Å²) in [5, 5.41) is 12.8. The maximum Gasteiger partial charge on any atom is 0.326 e. The van der Waals surface area contributed by atoms with E-state index < -0.39 is 12.0 Å². The summed E-state index contributed by atoms with van der Waals surface area (Å²) in [6, 6.07) is 30.2. The molecule has 0 aliphatic heterocycles. The number of pyridine rings is 1. The monoisotopic (exact) mass is 424 g/mol. The third-order valence-electron chi connectivity index (χ3n) is 5.08. The van der Waals surface area contributed by atoms with Crippen molar-refractivity contribution < 1.29 is 14.6 Å². The second-order valence-electron chi connectivity index (χ2n) is 7.45. The molecule has 0 spiro atoms. The number of nitrogens with zero attached hydrogens (tertiary/aromatic N) is 1. The molecule has 0 bridgehead atoms. The van der Waals surface area contributed by atoms with Gasteiger partial charge in [0, 0.05) is 23.9 Å². The van der Waals surface area contributed by atoms with Crippen molar-refractivity contribution in [2.45, 2.75) is 19.1 Å². The first-order valence-electron chi connectivity index (χ1n) is 10.4. The van der Waals surface area contributed by atoms with Crippen LogP contribution in [0, 0.1) is 0 Å². The number of nitrogens with one attached hydrogen (secondary N) is 1. The highest BCUT2D eigenvalue weighted by molar-refractivity contribution is 5.78. The first-order valence-corrected chi connectivity index (χ1v) is 10.4. The third kappa shape index (κ3) is 5.73. The standard InChI is InChI=1S/C27H24N2O3/c30-27(31)26(17-20-7-3-1-4-8-20)29-23-15-16-28-25(18-23)22-11-13-24(14-12-22)32-19-21-9-5-2-6-10-21/h1-16,18,26H,17,19H2,(H,28,29)(H,30,31). The fraction of sp³-hybridized carbons (Fsp3) is 0.111. The molecule has 0 amide bonds. The SMILES string of the molecule is O=C(O)C(Cc1ccccc1)Nc1ccnc(-c2ccc(OCc3ccccc3)cc2)c1. The van der Waals surface area contributed by atoms with Gasteiger partial charge in [-0.25, -0.2) is 4.79 Å². The topological polar surface area (TPSA) is 71.5 Å². The van der Waals surface area contributed by atoms with E-state index in [0.29, 0.717) is 18.7 Å². The van der Waals surface area contributed by atoms with Crippen LogP contribution in [0.25, 0.3) is 11.3 Å². The number of carboxylic acids is 1. The lowest BCUT2D eigenvalue weighted by atomic mass is 10.1. The molecule has 2 N–H and O–H groups in total. The van der Waals surface area contributed by atoms with Crippen molar-refractivity contribution in [3.63, 3.8) is 0 Å². The number of carboxylic acid groups (broad SMARTS) is 1. The van der Waals surface area contributed by atoms with E-state index >= 15 is 0 Å². The van der Waals surface area contributed by atoms with Gasteiger partial charge in [0.05, 0.1) is 5.69 Å². The molecule has 160 valence electrons. The molecule has 1 aromatic heterocycles. The Balaban J connectivity index is 1.43. The summed E-state index contributed by atoms with van der Waals surface area (Å²) in [6.45, 7) is 0.510. The molecule has 4 rings (SSSR count). The Hall–Kier alpha value is -4.12. The first kappa shape index (κ1) is 21.1. The smallest absolute Gasteiger partial charge is 0.326 e. The van der Waals surface area contributed by atoms with Crippen LogP contribution in [-0.2, 0) is 17.8 Å². The van der Waals surface area contributed by atoms with Gasteiger partial charge in [-0.05, 0) is 47.5 Å². The molecule has 4 aromatic rings. The van der Waals surface area contributed by atoms with Gasteiger partial charge in [0.15, 0.2) is 0 Å². The summed E-state index contributed by atoms with van der Waals surface area (Å²) in [7, 11) is 0. The van der Waals surface area contributed by atoms with Crippen LogP contribution in [-0.4, -0.2) is 22.1 Å². The van der Waals surface area contributed by atoms with E-state index in [0.717, 1.165) is 28.1 Å². The van der Waals surface area contributed by atoms with Gasteiger partial charge < -0.3 is 15.2 Å². The molecule has 0 saturated carbocycles. The maximum atomic E-state index is 11.8. The zero-order valence-electron chi connectivity index (χ0n) is 17.5. The van der Waals surface area contributed by atoms with Crippen molar-refractivity contribution in [3.8, 4) is 17.0 Å². The Labute approximate surface area is 187 Å². The highest BCUT2D eigenvalue weighted by Gasteiger charge is 2.18. The molecule has 5 heteroatoms. The van der Waals surface area contributed by atoms with Crippen LogP contribution in [0.4, 0.5) is 5.69 Å². The van der Waals surface area contributed by atoms with Crippen LogP contribution in [0.5, 0.6) is 5.75 Å². The number of rotatable bonds is 9. The summed E-state index contributed by atoms with van der Waals surface area (Å²) in [5.74, 6) is -0.118. The average Bonchev–Trinajstić information content (AvgIpc) is 2.84. The number of hydrogen-bond donors (Lipinski definition) is 2. The molecule has 3 aromatic carbocycles. The van der Waals surface area contributed by atoms with Crippen LogP contribution < -0.4 is 10.1 Å². The van der Waals surface area contributed by atoms with E-state index in [-0.39, 0.29) is 0 Å². The second-order valence-corrected chi connectivity index (χ2v) is 7.45. The largest absolute Gasteiger partial charge is 0.489 e. The predicted molar refractivity (Wildman–Crippen MR) is 126 cm³/mol. The molecule has 5 nitrogen and oxygen atoms in total. The van der Waals surface area contributed by atoms with Crippen LogP contribution in [0.1, 0.15) is 11.1 Å². The molecule has 32 heavy (non-hydrogen) atoms. The average molecular weight is 425 g/mol. The lowest BCUT2D eigenvalue weighted by molar-refractivity contribution is -0.137. The minimum absolute atomic E-state index is 0.390. The molecular weight excluding hydrogens is 400 g/mol. The van der Waals surface area contributed by atoms with E-state index in [9.17, 15) is 9.90 Å². The van der Waals surface area contributed by atoms with Crippen LogP contribution in [0.15, 0.2) is 103 Å². The summed E-state index contributed by atoms with van der Waals surface area (Å²) >= 11 is 0. The maximum absolute atomic E-state index is 11.8. The van der Waals surface area contributed by atoms with E-state index in [2.05, 4.69) is 10.3 Å². The number of carbonyl (C=O) groups is 1. The van der Waals surface area contributed by atoms with E-state index in [1.165, 1.54) is 0 Å². The fourth-order valence-electron chi connectivity index (χ4n) is 3.39. The van der Waals surface area contributed by atoms with Crippen LogP contribution in [0.3, 0.4) is 0 Å².